The van der Waals surface area contributed by atoms with E-state index in [1.54, 1.807) is 0 Å². The molecule has 0 aliphatic heterocycles. The van der Waals surface area contributed by atoms with E-state index in [4.69, 9.17) is 5.73 Å². The standard InChI is InChI=1S/C10H14N2/c11-10(8-4-5-8)7-9-3-1-2-6-12-9/h1-3,6,8,10H,4-5,7,11H2. The Hall–Kier alpha value is -0.890. The zero-order chi connectivity index (χ0) is 8.39. The van der Waals surface area contributed by atoms with Crippen LogP contribution in [0, 0.1) is 5.92 Å². The van der Waals surface area contributed by atoms with E-state index < -0.39 is 0 Å². The molecule has 2 rings (SSSR count). The van der Waals surface area contributed by atoms with Crippen LogP contribution < -0.4 is 5.73 Å². The van der Waals surface area contributed by atoms with E-state index in [2.05, 4.69) is 4.98 Å². The van der Waals surface area contributed by atoms with Crippen LogP contribution in [0.4, 0.5) is 0 Å². The first kappa shape index (κ1) is 7.74. The van der Waals surface area contributed by atoms with E-state index in [9.17, 15) is 0 Å². The van der Waals surface area contributed by atoms with Gasteiger partial charge in [0.05, 0.1) is 0 Å². The van der Waals surface area contributed by atoms with Crippen LogP contribution in [0.5, 0.6) is 0 Å². The maximum atomic E-state index is 5.97. The van der Waals surface area contributed by atoms with Crippen molar-refractivity contribution in [3.8, 4) is 0 Å². The van der Waals surface area contributed by atoms with Crippen molar-refractivity contribution in [1.82, 2.24) is 4.98 Å². The minimum absolute atomic E-state index is 0.333. The van der Waals surface area contributed by atoms with Crippen molar-refractivity contribution in [1.29, 1.82) is 0 Å². The van der Waals surface area contributed by atoms with Crippen LogP contribution in [-0.4, -0.2) is 11.0 Å². The summed E-state index contributed by atoms with van der Waals surface area (Å²) in [6.45, 7) is 0. The molecule has 0 saturated heterocycles. The molecule has 1 aromatic heterocycles. The molecule has 0 bridgehead atoms. The smallest absolute Gasteiger partial charge is 0.0419 e. The molecule has 0 radical (unpaired) electrons. The van der Waals surface area contributed by atoms with Gasteiger partial charge in [-0.2, -0.15) is 0 Å². The van der Waals surface area contributed by atoms with Crippen molar-refractivity contribution in [2.75, 3.05) is 0 Å². The van der Waals surface area contributed by atoms with Gasteiger partial charge in [0.1, 0.15) is 0 Å². The molecule has 2 nitrogen and oxygen atoms in total. The molecule has 1 aliphatic carbocycles. The summed E-state index contributed by atoms with van der Waals surface area (Å²) >= 11 is 0. The molecule has 1 fully saturated rings. The summed E-state index contributed by atoms with van der Waals surface area (Å²) in [6.07, 6.45) is 5.39. The molecule has 0 amide bonds. The number of hydrogen-bond acceptors (Lipinski definition) is 2. The third-order valence-corrected chi connectivity index (χ3v) is 2.40. The Bertz CT molecular complexity index is 241. The van der Waals surface area contributed by atoms with Gasteiger partial charge in [-0.1, -0.05) is 6.07 Å². The molecule has 0 aromatic carbocycles. The van der Waals surface area contributed by atoms with Gasteiger partial charge in [-0.05, 0) is 30.9 Å². The molecule has 0 spiro atoms. The highest BCUT2D eigenvalue weighted by molar-refractivity contribution is 5.06. The quantitative estimate of drug-likeness (QED) is 0.729. The van der Waals surface area contributed by atoms with E-state index >= 15 is 0 Å². The average Bonchev–Trinajstić information content (AvgIpc) is 2.88. The Kier molecular flexibility index (Phi) is 2.09. The predicted molar refractivity (Wildman–Crippen MR) is 48.6 cm³/mol. The van der Waals surface area contributed by atoms with Crippen molar-refractivity contribution in [2.24, 2.45) is 11.7 Å². The third-order valence-electron chi connectivity index (χ3n) is 2.40. The van der Waals surface area contributed by atoms with Crippen LogP contribution in [0.1, 0.15) is 18.5 Å². The van der Waals surface area contributed by atoms with Crippen molar-refractivity contribution in [3.63, 3.8) is 0 Å². The minimum Gasteiger partial charge on any atom is -0.327 e. The van der Waals surface area contributed by atoms with Crippen LogP contribution in [0.3, 0.4) is 0 Å². The maximum Gasteiger partial charge on any atom is 0.0419 e. The van der Waals surface area contributed by atoms with Crippen molar-refractivity contribution in [3.05, 3.63) is 30.1 Å². The normalized spacial score (nSPS) is 19.1. The van der Waals surface area contributed by atoms with Gasteiger partial charge in [0.2, 0.25) is 0 Å². The maximum absolute atomic E-state index is 5.97. The first-order valence-electron chi connectivity index (χ1n) is 4.52. The first-order chi connectivity index (χ1) is 5.86. The Morgan fingerprint density at radius 3 is 2.92 bits per heavy atom. The molecule has 12 heavy (non-hydrogen) atoms. The lowest BCUT2D eigenvalue weighted by Crippen LogP contribution is -2.25. The van der Waals surface area contributed by atoms with Gasteiger partial charge in [0.15, 0.2) is 0 Å². The second kappa shape index (κ2) is 3.23. The van der Waals surface area contributed by atoms with Gasteiger partial charge >= 0.3 is 0 Å². The number of aromatic nitrogens is 1. The van der Waals surface area contributed by atoms with Crippen LogP contribution in [0.15, 0.2) is 24.4 Å². The molecule has 2 N–H and O–H groups in total. The highest BCUT2D eigenvalue weighted by atomic mass is 14.7. The first-order valence-corrected chi connectivity index (χ1v) is 4.52. The molecule has 1 saturated carbocycles. The van der Waals surface area contributed by atoms with E-state index in [-0.39, 0.29) is 0 Å². The lowest BCUT2D eigenvalue weighted by Gasteiger charge is -2.08. The van der Waals surface area contributed by atoms with E-state index in [1.807, 2.05) is 24.4 Å². The largest absolute Gasteiger partial charge is 0.327 e. The van der Waals surface area contributed by atoms with E-state index in [0.717, 1.165) is 18.0 Å². The number of nitrogens with two attached hydrogens (primary N) is 1. The molecule has 1 heterocycles. The SMILES string of the molecule is NC(Cc1ccccn1)C1CC1. The molecule has 64 valence electrons. The lowest BCUT2D eigenvalue weighted by molar-refractivity contribution is 0.584. The Morgan fingerprint density at radius 2 is 2.33 bits per heavy atom. The second-order valence-electron chi connectivity index (χ2n) is 3.53. The Labute approximate surface area is 72.8 Å². The summed E-state index contributed by atoms with van der Waals surface area (Å²) in [5.41, 5.74) is 7.09. The van der Waals surface area contributed by atoms with Gasteiger partial charge in [-0.15, -0.1) is 0 Å². The molecular weight excluding hydrogens is 148 g/mol. The van der Waals surface area contributed by atoms with E-state index in [0.29, 0.717) is 6.04 Å². The van der Waals surface area contributed by atoms with Crippen LogP contribution >= 0.6 is 0 Å². The third kappa shape index (κ3) is 1.83. The van der Waals surface area contributed by atoms with Gasteiger partial charge < -0.3 is 5.73 Å². The van der Waals surface area contributed by atoms with Crippen LogP contribution in [0.2, 0.25) is 0 Å². The van der Waals surface area contributed by atoms with Gasteiger partial charge in [0.25, 0.3) is 0 Å². The fourth-order valence-electron chi connectivity index (χ4n) is 1.45. The zero-order valence-corrected chi connectivity index (χ0v) is 7.11. The minimum atomic E-state index is 0.333. The summed E-state index contributed by atoms with van der Waals surface area (Å²) in [6, 6.07) is 6.33. The summed E-state index contributed by atoms with van der Waals surface area (Å²) in [7, 11) is 0. The average molecular weight is 162 g/mol. The van der Waals surface area contributed by atoms with Crippen molar-refractivity contribution >= 4 is 0 Å². The van der Waals surface area contributed by atoms with E-state index in [1.165, 1.54) is 12.8 Å². The molecular formula is C10H14N2. The van der Waals surface area contributed by atoms with Crippen molar-refractivity contribution in [2.45, 2.75) is 25.3 Å². The van der Waals surface area contributed by atoms with Gasteiger partial charge in [-0.3, -0.25) is 4.98 Å². The number of pyridine rings is 1. The topological polar surface area (TPSA) is 38.9 Å². The monoisotopic (exact) mass is 162 g/mol. The molecule has 1 aliphatic rings. The summed E-state index contributed by atoms with van der Waals surface area (Å²) in [4.78, 5) is 4.25. The van der Waals surface area contributed by atoms with Gasteiger partial charge in [0, 0.05) is 24.4 Å². The number of hydrogen-bond donors (Lipinski definition) is 1. The predicted octanol–water partition coefficient (Wildman–Crippen LogP) is 1.36. The fourth-order valence-corrected chi connectivity index (χ4v) is 1.45. The highest BCUT2D eigenvalue weighted by Crippen LogP contribution is 2.32. The van der Waals surface area contributed by atoms with Crippen LogP contribution in [0.25, 0.3) is 0 Å². The second-order valence-corrected chi connectivity index (χ2v) is 3.53. The van der Waals surface area contributed by atoms with Gasteiger partial charge in [-0.25, -0.2) is 0 Å². The van der Waals surface area contributed by atoms with Crippen molar-refractivity contribution < 1.29 is 0 Å². The summed E-state index contributed by atoms with van der Waals surface area (Å²) in [5, 5.41) is 0. The summed E-state index contributed by atoms with van der Waals surface area (Å²) in [5.74, 6) is 0.770. The Morgan fingerprint density at radius 1 is 1.50 bits per heavy atom. The number of nitrogens with zero attached hydrogens (tertiary/aromatic N) is 1. The summed E-state index contributed by atoms with van der Waals surface area (Å²) < 4.78 is 0. The lowest BCUT2D eigenvalue weighted by atomic mass is 10.1. The molecule has 1 unspecified atom stereocenters. The fraction of sp³-hybridized carbons (Fsp3) is 0.500. The molecule has 1 atom stereocenters. The molecule has 1 aromatic rings. The van der Waals surface area contributed by atoms with Crippen LogP contribution in [-0.2, 0) is 6.42 Å². The number of rotatable bonds is 3. The molecule has 2 heteroatoms. The Balaban J connectivity index is 1.94. The zero-order valence-electron chi connectivity index (χ0n) is 7.11. The highest BCUT2D eigenvalue weighted by Gasteiger charge is 2.28.